The van der Waals surface area contributed by atoms with E-state index in [-0.39, 0.29) is 10.6 Å². The normalized spacial score (nSPS) is 12.6. The number of hydrogen-bond donors (Lipinski definition) is 2. The number of nitrogen functional groups attached to an aromatic ring is 1. The van der Waals surface area contributed by atoms with Crippen molar-refractivity contribution in [2.75, 3.05) is 43.7 Å². The van der Waals surface area contributed by atoms with Crippen molar-refractivity contribution in [1.82, 2.24) is 4.31 Å². The van der Waals surface area contributed by atoms with Gasteiger partial charge in [0.25, 0.3) is 0 Å². The molecule has 0 unspecified atom stereocenters. The molecule has 0 spiro atoms. The number of sulfonamides is 1. The number of nitrogens with two attached hydrogens (primary N) is 1. The summed E-state index contributed by atoms with van der Waals surface area (Å²) in [6, 6.07) is 4.40. The zero-order valence-corrected chi connectivity index (χ0v) is 14.0. The van der Waals surface area contributed by atoms with Gasteiger partial charge in [0, 0.05) is 26.9 Å². The summed E-state index contributed by atoms with van der Waals surface area (Å²) in [6.45, 7) is 0.392. The Morgan fingerprint density at radius 2 is 1.81 bits per heavy atom. The van der Waals surface area contributed by atoms with E-state index in [4.69, 9.17) is 5.73 Å². The molecule has 0 aliphatic rings. The molecule has 1 aromatic carbocycles. The average Bonchev–Trinajstić information content (AvgIpc) is 2.34. The molecule has 0 aliphatic heterocycles. The molecule has 120 valence electrons. The molecule has 3 N–H and O–H groups in total. The molecule has 0 fully saturated rings. The van der Waals surface area contributed by atoms with E-state index >= 15 is 0 Å². The van der Waals surface area contributed by atoms with Crippen molar-refractivity contribution in [3.63, 3.8) is 0 Å². The van der Waals surface area contributed by atoms with Gasteiger partial charge in [-0.15, -0.1) is 0 Å². The van der Waals surface area contributed by atoms with Crippen LogP contribution in [0.2, 0.25) is 0 Å². The molecule has 0 bridgehead atoms. The Balaban J connectivity index is 2.84. The van der Waals surface area contributed by atoms with Gasteiger partial charge in [-0.3, -0.25) is 0 Å². The Bertz CT molecular complexity index is 697. The van der Waals surface area contributed by atoms with E-state index in [1.165, 1.54) is 38.6 Å². The van der Waals surface area contributed by atoms with E-state index < -0.39 is 19.9 Å². The summed E-state index contributed by atoms with van der Waals surface area (Å²) in [6.07, 6.45) is 1.59. The molecule has 1 aromatic rings. The monoisotopic (exact) mass is 335 g/mol. The van der Waals surface area contributed by atoms with Crippen molar-refractivity contribution in [1.29, 1.82) is 0 Å². The molecule has 0 radical (unpaired) electrons. The summed E-state index contributed by atoms with van der Waals surface area (Å²) in [4.78, 5) is 0.132. The minimum absolute atomic E-state index is 0.0651. The third-order valence-corrected chi connectivity index (χ3v) is 5.65. The fourth-order valence-electron chi connectivity index (χ4n) is 1.62. The molecule has 0 atom stereocenters. The number of rotatable bonds is 7. The maximum Gasteiger partial charge on any atom is 0.242 e. The SMILES string of the molecule is CN(C)S(=O)(=O)c1ccc(N)c(NCCCS(C)(=O)=O)c1. The third kappa shape index (κ3) is 5.18. The van der Waals surface area contributed by atoms with Crippen LogP contribution in [0.25, 0.3) is 0 Å². The van der Waals surface area contributed by atoms with E-state index in [1.54, 1.807) is 0 Å². The lowest BCUT2D eigenvalue weighted by molar-refractivity contribution is 0.521. The zero-order valence-electron chi connectivity index (χ0n) is 12.3. The highest BCUT2D eigenvalue weighted by Gasteiger charge is 2.18. The Morgan fingerprint density at radius 3 is 2.33 bits per heavy atom. The van der Waals surface area contributed by atoms with Gasteiger partial charge < -0.3 is 11.1 Å². The molecule has 0 saturated carbocycles. The quantitative estimate of drug-likeness (QED) is 0.550. The van der Waals surface area contributed by atoms with Crippen LogP contribution in [-0.4, -0.2) is 53.8 Å². The number of nitrogens with one attached hydrogen (secondary N) is 1. The topological polar surface area (TPSA) is 110 Å². The van der Waals surface area contributed by atoms with Gasteiger partial charge in [0.05, 0.1) is 22.0 Å². The number of benzene rings is 1. The minimum atomic E-state index is -3.53. The standard InChI is InChI=1S/C12H21N3O4S2/c1-15(2)21(18,19)10-5-6-11(13)12(9-10)14-7-4-8-20(3,16)17/h5-6,9,14H,4,7-8,13H2,1-3H3. The number of sulfone groups is 1. The van der Waals surface area contributed by atoms with E-state index in [9.17, 15) is 16.8 Å². The number of nitrogens with zero attached hydrogens (tertiary/aromatic N) is 1. The lowest BCUT2D eigenvalue weighted by atomic mass is 10.2. The van der Waals surface area contributed by atoms with Crippen LogP contribution in [0.5, 0.6) is 0 Å². The Labute approximate surface area is 126 Å². The summed E-state index contributed by atoms with van der Waals surface area (Å²) in [5.41, 5.74) is 6.68. The molecule has 21 heavy (non-hydrogen) atoms. The molecule has 7 nitrogen and oxygen atoms in total. The summed E-state index contributed by atoms with van der Waals surface area (Å²) in [5, 5.41) is 2.96. The highest BCUT2D eigenvalue weighted by molar-refractivity contribution is 7.90. The van der Waals surface area contributed by atoms with Gasteiger partial charge in [-0.05, 0) is 24.6 Å². The van der Waals surface area contributed by atoms with Gasteiger partial charge in [-0.25, -0.2) is 21.1 Å². The second kappa shape index (κ2) is 6.63. The molecule has 1 rings (SSSR count). The van der Waals surface area contributed by atoms with Crippen LogP contribution in [0.15, 0.2) is 23.1 Å². The number of anilines is 2. The molecule has 0 aromatic heterocycles. The fraction of sp³-hybridized carbons (Fsp3) is 0.500. The van der Waals surface area contributed by atoms with Gasteiger partial charge in [0.2, 0.25) is 10.0 Å². The van der Waals surface area contributed by atoms with Crippen molar-refractivity contribution in [2.24, 2.45) is 0 Å². The highest BCUT2D eigenvalue weighted by Crippen LogP contribution is 2.24. The lowest BCUT2D eigenvalue weighted by Crippen LogP contribution is -2.22. The first-order valence-electron chi connectivity index (χ1n) is 6.27. The summed E-state index contributed by atoms with van der Waals surface area (Å²) in [7, 11) is -3.63. The minimum Gasteiger partial charge on any atom is -0.397 e. The molecule has 0 heterocycles. The molecular weight excluding hydrogens is 314 g/mol. The van der Waals surface area contributed by atoms with Crippen LogP contribution in [0.3, 0.4) is 0 Å². The van der Waals surface area contributed by atoms with Crippen LogP contribution < -0.4 is 11.1 Å². The fourth-order valence-corrected chi connectivity index (χ4v) is 3.21. The van der Waals surface area contributed by atoms with E-state index in [0.29, 0.717) is 24.3 Å². The summed E-state index contributed by atoms with van der Waals surface area (Å²) in [5.74, 6) is 0.0651. The van der Waals surface area contributed by atoms with Crippen LogP contribution in [0.1, 0.15) is 6.42 Å². The Kier molecular flexibility index (Phi) is 5.60. The molecule has 0 amide bonds. The molecule has 0 saturated heterocycles. The Morgan fingerprint density at radius 1 is 1.19 bits per heavy atom. The van der Waals surface area contributed by atoms with Gasteiger partial charge in [0.1, 0.15) is 9.84 Å². The van der Waals surface area contributed by atoms with E-state index in [2.05, 4.69) is 5.32 Å². The summed E-state index contributed by atoms with van der Waals surface area (Å²) >= 11 is 0. The smallest absolute Gasteiger partial charge is 0.242 e. The van der Waals surface area contributed by atoms with Crippen molar-refractivity contribution in [2.45, 2.75) is 11.3 Å². The number of hydrogen-bond acceptors (Lipinski definition) is 6. The van der Waals surface area contributed by atoms with Crippen LogP contribution in [0.4, 0.5) is 11.4 Å². The zero-order chi connectivity index (χ0) is 16.3. The van der Waals surface area contributed by atoms with Gasteiger partial charge in [-0.1, -0.05) is 0 Å². The maximum absolute atomic E-state index is 12.0. The summed E-state index contributed by atoms with van der Waals surface area (Å²) < 4.78 is 47.3. The van der Waals surface area contributed by atoms with Crippen molar-refractivity contribution >= 4 is 31.2 Å². The highest BCUT2D eigenvalue weighted by atomic mass is 32.2. The van der Waals surface area contributed by atoms with Crippen LogP contribution in [0, 0.1) is 0 Å². The largest absolute Gasteiger partial charge is 0.397 e. The third-order valence-electron chi connectivity index (χ3n) is 2.81. The van der Waals surface area contributed by atoms with Gasteiger partial charge >= 0.3 is 0 Å². The first-order valence-corrected chi connectivity index (χ1v) is 9.78. The predicted molar refractivity (Wildman–Crippen MR) is 84.5 cm³/mol. The van der Waals surface area contributed by atoms with Crippen molar-refractivity contribution in [3.8, 4) is 0 Å². The molecule has 9 heteroatoms. The average molecular weight is 335 g/mol. The van der Waals surface area contributed by atoms with Crippen LogP contribution in [-0.2, 0) is 19.9 Å². The van der Waals surface area contributed by atoms with Crippen molar-refractivity contribution < 1.29 is 16.8 Å². The van der Waals surface area contributed by atoms with Gasteiger partial charge in [-0.2, -0.15) is 0 Å². The Hall–Kier alpha value is -1.32. The second-order valence-corrected chi connectivity index (χ2v) is 9.36. The lowest BCUT2D eigenvalue weighted by Gasteiger charge is -2.14. The van der Waals surface area contributed by atoms with E-state index in [1.807, 2.05) is 0 Å². The first-order chi connectivity index (χ1) is 9.54. The van der Waals surface area contributed by atoms with Crippen LogP contribution >= 0.6 is 0 Å². The first kappa shape index (κ1) is 17.7. The van der Waals surface area contributed by atoms with E-state index in [0.717, 1.165) is 4.31 Å². The second-order valence-electron chi connectivity index (χ2n) is 4.95. The van der Waals surface area contributed by atoms with Crippen molar-refractivity contribution in [3.05, 3.63) is 18.2 Å². The predicted octanol–water partition coefficient (Wildman–Crippen LogP) is 0.366. The molecular formula is C12H21N3O4S2. The maximum atomic E-state index is 12.0. The van der Waals surface area contributed by atoms with Gasteiger partial charge in [0.15, 0.2) is 0 Å². The molecule has 0 aliphatic carbocycles.